The summed E-state index contributed by atoms with van der Waals surface area (Å²) in [6.07, 6.45) is 0. The number of hydrogen-bond donors (Lipinski definition) is 2. The van der Waals surface area contributed by atoms with Gasteiger partial charge in [-0.15, -0.1) is 11.3 Å². The van der Waals surface area contributed by atoms with Crippen molar-refractivity contribution in [3.8, 4) is 11.5 Å². The molecule has 0 aliphatic heterocycles. The highest BCUT2D eigenvalue weighted by Gasteiger charge is 2.10. The second kappa shape index (κ2) is 5.44. The molecule has 102 valence electrons. The third kappa shape index (κ3) is 2.71. The molecule has 3 rings (SSSR count). The number of aliphatic hydroxyl groups is 1. The lowest BCUT2D eigenvalue weighted by atomic mass is 10.2. The molecule has 2 aromatic heterocycles. The fraction of sp³-hybridized carbons (Fsp3) is 0.143. The van der Waals surface area contributed by atoms with E-state index < -0.39 is 0 Å². The van der Waals surface area contributed by atoms with E-state index in [2.05, 4.69) is 15.5 Å². The molecule has 0 radical (unpaired) electrons. The fourth-order valence-electron chi connectivity index (χ4n) is 1.71. The van der Waals surface area contributed by atoms with Crippen molar-refractivity contribution in [2.24, 2.45) is 0 Å². The number of benzene rings is 1. The lowest BCUT2D eigenvalue weighted by molar-refractivity contribution is 0.267. The highest BCUT2D eigenvalue weighted by molar-refractivity contribution is 7.14. The summed E-state index contributed by atoms with van der Waals surface area (Å²) < 4.78 is 5.13. The number of aromatic nitrogens is 2. The summed E-state index contributed by atoms with van der Waals surface area (Å²) in [4.78, 5) is 4.44. The maximum Gasteiger partial charge on any atom is 0.187 e. The Bertz CT molecular complexity index is 703. The molecule has 0 unspecified atom stereocenters. The van der Waals surface area contributed by atoms with E-state index >= 15 is 0 Å². The van der Waals surface area contributed by atoms with Crippen LogP contribution in [0.3, 0.4) is 0 Å². The van der Waals surface area contributed by atoms with Crippen LogP contribution < -0.4 is 5.32 Å². The number of nitrogens with zero attached hydrogens (tertiary/aromatic N) is 2. The van der Waals surface area contributed by atoms with Gasteiger partial charge >= 0.3 is 0 Å². The summed E-state index contributed by atoms with van der Waals surface area (Å²) in [5, 5.41) is 18.6. The first-order valence-electron chi connectivity index (χ1n) is 6.10. The van der Waals surface area contributed by atoms with Gasteiger partial charge in [0.25, 0.3) is 0 Å². The minimum Gasteiger partial charge on any atom is -0.390 e. The maximum absolute atomic E-state index is 8.97. The molecule has 0 saturated carbocycles. The average molecular weight is 287 g/mol. The standard InChI is InChI=1S/C14H13N3O2S/c1-9-2-4-10(5-3-9)15-14-16-12(8-20-14)13-6-11(7-18)17-19-13/h2-6,8,18H,7H2,1H3,(H,15,16). The molecular weight excluding hydrogens is 274 g/mol. The van der Waals surface area contributed by atoms with Gasteiger partial charge < -0.3 is 14.9 Å². The number of nitrogens with one attached hydrogen (secondary N) is 1. The van der Waals surface area contributed by atoms with Crippen LogP contribution in [0.15, 0.2) is 40.2 Å². The highest BCUT2D eigenvalue weighted by atomic mass is 32.1. The predicted molar refractivity (Wildman–Crippen MR) is 78.0 cm³/mol. The minimum atomic E-state index is -0.137. The van der Waals surface area contributed by atoms with Gasteiger partial charge in [-0.3, -0.25) is 0 Å². The summed E-state index contributed by atoms with van der Waals surface area (Å²) in [6, 6.07) is 9.79. The van der Waals surface area contributed by atoms with Crippen LogP contribution in [0.25, 0.3) is 11.5 Å². The van der Waals surface area contributed by atoms with Gasteiger partial charge in [-0.1, -0.05) is 22.9 Å². The molecule has 20 heavy (non-hydrogen) atoms. The van der Waals surface area contributed by atoms with E-state index in [9.17, 15) is 0 Å². The van der Waals surface area contributed by atoms with Gasteiger partial charge in [0.05, 0.1) is 6.61 Å². The predicted octanol–water partition coefficient (Wildman–Crippen LogP) is 3.34. The number of hydrogen-bond acceptors (Lipinski definition) is 6. The number of rotatable bonds is 4. The van der Waals surface area contributed by atoms with Crippen LogP contribution in [0.2, 0.25) is 0 Å². The lowest BCUT2D eigenvalue weighted by Crippen LogP contribution is -1.89. The molecule has 0 aliphatic carbocycles. The van der Waals surface area contributed by atoms with Crippen molar-refractivity contribution in [3.63, 3.8) is 0 Å². The van der Waals surface area contributed by atoms with E-state index in [4.69, 9.17) is 9.63 Å². The van der Waals surface area contributed by atoms with Crippen LogP contribution in [0, 0.1) is 6.92 Å². The lowest BCUT2D eigenvalue weighted by Gasteiger charge is -2.01. The van der Waals surface area contributed by atoms with Crippen molar-refractivity contribution in [1.82, 2.24) is 10.1 Å². The molecule has 0 atom stereocenters. The zero-order chi connectivity index (χ0) is 13.9. The number of anilines is 2. The Hall–Kier alpha value is -2.18. The van der Waals surface area contributed by atoms with Crippen LogP contribution in [0.4, 0.5) is 10.8 Å². The van der Waals surface area contributed by atoms with Crippen LogP contribution in [-0.4, -0.2) is 15.2 Å². The molecule has 2 heterocycles. The first-order chi connectivity index (χ1) is 9.74. The van der Waals surface area contributed by atoms with Gasteiger partial charge in [0.1, 0.15) is 11.4 Å². The van der Waals surface area contributed by atoms with Crippen molar-refractivity contribution in [1.29, 1.82) is 0 Å². The summed E-state index contributed by atoms with van der Waals surface area (Å²) in [6.45, 7) is 1.91. The number of thiazole rings is 1. The Morgan fingerprint density at radius 1 is 1.30 bits per heavy atom. The summed E-state index contributed by atoms with van der Waals surface area (Å²) in [5.41, 5.74) is 3.41. The van der Waals surface area contributed by atoms with Gasteiger partial charge in [0, 0.05) is 17.1 Å². The second-order valence-electron chi connectivity index (χ2n) is 4.37. The van der Waals surface area contributed by atoms with Crippen molar-refractivity contribution in [2.75, 3.05) is 5.32 Å². The Balaban J connectivity index is 1.78. The van der Waals surface area contributed by atoms with Crippen LogP contribution in [0.5, 0.6) is 0 Å². The van der Waals surface area contributed by atoms with Gasteiger partial charge in [0.15, 0.2) is 10.9 Å². The van der Waals surface area contributed by atoms with E-state index in [1.807, 2.05) is 36.6 Å². The average Bonchev–Trinajstić information content (AvgIpc) is 3.10. The molecule has 1 aromatic carbocycles. The molecular formula is C14H13N3O2S. The second-order valence-corrected chi connectivity index (χ2v) is 5.23. The van der Waals surface area contributed by atoms with E-state index in [0.717, 1.165) is 10.8 Å². The van der Waals surface area contributed by atoms with E-state index in [-0.39, 0.29) is 6.61 Å². The van der Waals surface area contributed by atoms with Crippen molar-refractivity contribution >= 4 is 22.2 Å². The molecule has 0 aliphatic rings. The summed E-state index contributed by atoms with van der Waals surface area (Å²) >= 11 is 1.49. The molecule has 6 heteroatoms. The largest absolute Gasteiger partial charge is 0.390 e. The van der Waals surface area contributed by atoms with Crippen LogP contribution in [0.1, 0.15) is 11.3 Å². The van der Waals surface area contributed by atoms with Gasteiger partial charge in [0.2, 0.25) is 0 Å². The molecule has 0 saturated heterocycles. The van der Waals surface area contributed by atoms with Crippen LogP contribution >= 0.6 is 11.3 Å². The Labute approximate surface area is 119 Å². The van der Waals surface area contributed by atoms with Crippen molar-refractivity contribution in [3.05, 3.63) is 47.0 Å². The quantitative estimate of drug-likeness (QED) is 0.770. The van der Waals surface area contributed by atoms with Crippen molar-refractivity contribution in [2.45, 2.75) is 13.5 Å². The molecule has 2 N–H and O–H groups in total. The first kappa shape index (κ1) is 12.8. The monoisotopic (exact) mass is 287 g/mol. The Morgan fingerprint density at radius 3 is 2.80 bits per heavy atom. The maximum atomic E-state index is 8.97. The summed E-state index contributed by atoms with van der Waals surface area (Å²) in [5.74, 6) is 0.558. The topological polar surface area (TPSA) is 71.2 Å². The third-order valence-corrected chi connectivity index (χ3v) is 3.54. The van der Waals surface area contributed by atoms with Gasteiger partial charge in [-0.2, -0.15) is 0 Å². The normalized spacial score (nSPS) is 10.7. The first-order valence-corrected chi connectivity index (χ1v) is 6.98. The minimum absolute atomic E-state index is 0.137. The molecule has 0 bridgehead atoms. The smallest absolute Gasteiger partial charge is 0.187 e. The molecule has 3 aromatic rings. The SMILES string of the molecule is Cc1ccc(Nc2nc(-c3cc(CO)no3)cs2)cc1. The van der Waals surface area contributed by atoms with Crippen molar-refractivity contribution < 1.29 is 9.63 Å². The number of aryl methyl sites for hydroxylation is 1. The number of aliphatic hydroxyl groups excluding tert-OH is 1. The molecule has 0 amide bonds. The third-order valence-electron chi connectivity index (χ3n) is 2.78. The van der Waals surface area contributed by atoms with Gasteiger partial charge in [-0.05, 0) is 19.1 Å². The zero-order valence-corrected chi connectivity index (χ0v) is 11.6. The zero-order valence-electron chi connectivity index (χ0n) is 10.8. The van der Waals surface area contributed by atoms with Crippen LogP contribution in [-0.2, 0) is 6.61 Å². The fourth-order valence-corrected chi connectivity index (χ4v) is 2.43. The Morgan fingerprint density at radius 2 is 2.10 bits per heavy atom. The molecule has 0 spiro atoms. The molecule has 0 fully saturated rings. The van der Waals surface area contributed by atoms with E-state index in [1.54, 1.807) is 6.07 Å². The Kier molecular flexibility index (Phi) is 3.49. The summed E-state index contributed by atoms with van der Waals surface area (Å²) in [7, 11) is 0. The van der Waals surface area contributed by atoms with E-state index in [0.29, 0.717) is 17.1 Å². The highest BCUT2D eigenvalue weighted by Crippen LogP contribution is 2.27. The molecule has 5 nitrogen and oxygen atoms in total. The van der Waals surface area contributed by atoms with Gasteiger partial charge in [-0.25, -0.2) is 4.98 Å². The van der Waals surface area contributed by atoms with E-state index in [1.165, 1.54) is 16.9 Å².